The van der Waals surface area contributed by atoms with Gasteiger partial charge in [0.1, 0.15) is 12.1 Å². The average molecular weight is 856 g/mol. The van der Waals surface area contributed by atoms with Crippen LogP contribution in [0.2, 0.25) is 0 Å². The number of amides is 6. The Kier molecular flexibility index (Phi) is 16.7. The molecule has 0 unspecified atom stereocenters. The number of piperidine rings is 1. The van der Waals surface area contributed by atoms with Gasteiger partial charge in [-0.25, -0.2) is 0 Å². The average Bonchev–Trinajstić information content (AvgIpc) is 3.30. The molecule has 6 amide bonds. The number of benzene rings is 4. The molecule has 2 aliphatic heterocycles. The van der Waals surface area contributed by atoms with Crippen LogP contribution in [0.25, 0.3) is 11.1 Å². The summed E-state index contributed by atoms with van der Waals surface area (Å²) in [6, 6.07) is 32.6. The third-order valence-electron chi connectivity index (χ3n) is 11.4. The summed E-state index contributed by atoms with van der Waals surface area (Å²) in [7, 11) is 0. The van der Waals surface area contributed by atoms with Crippen molar-refractivity contribution in [3.05, 3.63) is 144 Å². The third kappa shape index (κ3) is 13.4. The number of carbonyl (C=O) groups excluding carboxylic acids is 6. The minimum Gasteiger partial charge on any atom is -0.378 e. The van der Waals surface area contributed by atoms with Crippen LogP contribution in [0, 0.1) is 5.41 Å². The first-order valence-corrected chi connectivity index (χ1v) is 21.6. The van der Waals surface area contributed by atoms with E-state index in [1.54, 1.807) is 17.0 Å². The summed E-state index contributed by atoms with van der Waals surface area (Å²) in [4.78, 5) is 84.3. The van der Waals surface area contributed by atoms with Gasteiger partial charge in [-0.3, -0.25) is 28.8 Å². The van der Waals surface area contributed by atoms with E-state index in [1.165, 1.54) is 6.08 Å². The molecule has 7 N–H and O–H groups in total. The molecule has 330 valence electrons. The number of hydrogen-bond donors (Lipinski definition) is 6. The van der Waals surface area contributed by atoms with E-state index in [9.17, 15) is 28.8 Å². The summed E-state index contributed by atoms with van der Waals surface area (Å²) in [6.45, 7) is 1.62. The Morgan fingerprint density at radius 3 is 2.22 bits per heavy atom. The summed E-state index contributed by atoms with van der Waals surface area (Å²) in [6.07, 6.45) is 3.76. The molecule has 0 radical (unpaired) electrons. The van der Waals surface area contributed by atoms with E-state index in [-0.39, 0.29) is 58.0 Å². The number of nitrogens with zero attached hydrogens (tertiary/aromatic N) is 1. The zero-order valence-electron chi connectivity index (χ0n) is 35.5. The minimum atomic E-state index is -1.09. The molecular formula is C49H57N7O7. The number of rotatable bonds is 11. The zero-order valence-corrected chi connectivity index (χ0v) is 35.5. The zero-order chi connectivity index (χ0) is 44.4. The lowest BCUT2D eigenvalue weighted by Crippen LogP contribution is -2.58. The summed E-state index contributed by atoms with van der Waals surface area (Å²) in [5.74, 6) is -2.67. The standard InChI is InChI=1S/C49H57N7O7/c50-24-28-63-29-26-52-46(60)41-22-25-51-43(57)20-21-45(59)56-27-9-23-49(34-56,32-36-10-3-1-4-11-36)48(62)55-42(30-35-16-18-38(19-17-35)37-12-5-2-6-13-37)47(61)53-33-40-15-8-7-14-39(40)31-44(58)54-41/h1-8,10-21,41-42H,9,22-34,50H2,(H,51,57)(H,52,60)(H,53,61)(H,54,58)(H,55,62)/b21-20+/t41-,42-,49-/m0/s1. The first-order chi connectivity index (χ1) is 30.6. The molecule has 1 fully saturated rings. The second-order valence-corrected chi connectivity index (χ2v) is 16.0. The van der Waals surface area contributed by atoms with Gasteiger partial charge in [0.15, 0.2) is 0 Å². The quantitative estimate of drug-likeness (QED) is 0.124. The fourth-order valence-corrected chi connectivity index (χ4v) is 8.04. The number of nitrogens with two attached hydrogens (primary N) is 1. The number of hydrogen-bond acceptors (Lipinski definition) is 8. The molecule has 3 atom stereocenters. The molecule has 63 heavy (non-hydrogen) atoms. The van der Waals surface area contributed by atoms with Gasteiger partial charge in [0.2, 0.25) is 35.4 Å². The Morgan fingerprint density at radius 2 is 1.48 bits per heavy atom. The fraction of sp³-hybridized carbons (Fsp3) is 0.347. The molecule has 2 bridgehead atoms. The van der Waals surface area contributed by atoms with E-state index >= 15 is 0 Å². The second kappa shape index (κ2) is 23.0. The highest BCUT2D eigenvalue weighted by Crippen LogP contribution is 2.35. The molecule has 14 nitrogen and oxygen atoms in total. The largest absolute Gasteiger partial charge is 0.378 e. The van der Waals surface area contributed by atoms with E-state index in [1.807, 2.05) is 97.1 Å². The van der Waals surface area contributed by atoms with Gasteiger partial charge in [0.05, 0.1) is 25.0 Å². The maximum absolute atomic E-state index is 14.9. The number of fused-ring (bicyclic) bond motifs is 3. The first kappa shape index (κ1) is 45.9. The summed E-state index contributed by atoms with van der Waals surface area (Å²) >= 11 is 0. The van der Waals surface area contributed by atoms with Crippen molar-refractivity contribution < 1.29 is 33.5 Å². The lowest BCUT2D eigenvalue weighted by atomic mass is 9.74. The number of ether oxygens (including phenoxy) is 1. The van der Waals surface area contributed by atoms with E-state index in [4.69, 9.17) is 10.5 Å². The molecule has 0 aliphatic carbocycles. The van der Waals surface area contributed by atoms with Crippen LogP contribution in [-0.4, -0.2) is 98.4 Å². The normalized spacial score (nSPS) is 21.0. The SMILES string of the molecule is NCCOCCNC(=O)[C@@H]1CCNC(=O)/C=C/C(=O)N2CCC[C@](Cc3ccccc3)(C2)C(=O)N[C@@H](Cc2ccc(-c3ccccc3)cc2)C(=O)NCc2ccccc2CC(=O)N1. The predicted octanol–water partition coefficient (Wildman–Crippen LogP) is 2.74. The Morgan fingerprint density at radius 1 is 0.778 bits per heavy atom. The molecule has 4 aromatic rings. The highest BCUT2D eigenvalue weighted by atomic mass is 16.5. The Hall–Kier alpha value is -6.64. The van der Waals surface area contributed by atoms with Gasteiger partial charge in [-0.15, -0.1) is 0 Å². The predicted molar refractivity (Wildman–Crippen MR) is 239 cm³/mol. The van der Waals surface area contributed by atoms with Crippen molar-refractivity contribution in [2.75, 3.05) is 45.9 Å². The summed E-state index contributed by atoms with van der Waals surface area (Å²) in [5, 5.41) is 14.4. The van der Waals surface area contributed by atoms with Gasteiger partial charge in [0.25, 0.3) is 0 Å². The van der Waals surface area contributed by atoms with Gasteiger partial charge in [-0.05, 0) is 59.1 Å². The maximum Gasteiger partial charge on any atom is 0.246 e. The smallest absolute Gasteiger partial charge is 0.246 e. The van der Waals surface area contributed by atoms with Crippen molar-refractivity contribution in [1.82, 2.24) is 31.5 Å². The molecule has 2 heterocycles. The van der Waals surface area contributed by atoms with Gasteiger partial charge >= 0.3 is 0 Å². The molecule has 2 aliphatic rings. The molecule has 6 rings (SSSR count). The van der Waals surface area contributed by atoms with Crippen molar-refractivity contribution in [3.8, 4) is 11.1 Å². The van der Waals surface area contributed by atoms with Crippen molar-refractivity contribution in [2.24, 2.45) is 11.1 Å². The number of carbonyl (C=O) groups is 6. The second-order valence-electron chi connectivity index (χ2n) is 16.0. The molecule has 0 aromatic heterocycles. The molecule has 0 spiro atoms. The van der Waals surface area contributed by atoms with Gasteiger partial charge in [-0.2, -0.15) is 0 Å². The lowest BCUT2D eigenvalue weighted by molar-refractivity contribution is -0.141. The molecule has 1 saturated heterocycles. The van der Waals surface area contributed by atoms with Crippen molar-refractivity contribution in [3.63, 3.8) is 0 Å². The van der Waals surface area contributed by atoms with E-state index < -0.39 is 47.0 Å². The lowest BCUT2D eigenvalue weighted by Gasteiger charge is -2.42. The van der Waals surface area contributed by atoms with Crippen LogP contribution < -0.4 is 32.3 Å². The topological polar surface area (TPSA) is 201 Å². The van der Waals surface area contributed by atoms with E-state index in [0.29, 0.717) is 50.1 Å². The summed E-state index contributed by atoms with van der Waals surface area (Å²) < 4.78 is 5.37. The molecule has 14 heteroatoms. The van der Waals surface area contributed by atoms with Crippen molar-refractivity contribution in [2.45, 2.75) is 57.2 Å². The minimum absolute atomic E-state index is 0.0183. The van der Waals surface area contributed by atoms with Crippen molar-refractivity contribution >= 4 is 35.4 Å². The highest BCUT2D eigenvalue weighted by Gasteiger charge is 2.44. The van der Waals surface area contributed by atoms with Crippen LogP contribution in [0.5, 0.6) is 0 Å². The van der Waals surface area contributed by atoms with Crippen molar-refractivity contribution in [1.29, 1.82) is 0 Å². The highest BCUT2D eigenvalue weighted by molar-refractivity contribution is 5.97. The summed E-state index contributed by atoms with van der Waals surface area (Å²) in [5.41, 5.74) is 9.50. The Labute approximate surface area is 368 Å². The Bertz CT molecular complexity index is 2220. The molecule has 4 aromatic carbocycles. The van der Waals surface area contributed by atoms with Gasteiger partial charge in [-0.1, -0.05) is 109 Å². The van der Waals surface area contributed by atoms with Gasteiger partial charge < -0.3 is 42.0 Å². The third-order valence-corrected chi connectivity index (χ3v) is 11.4. The maximum atomic E-state index is 14.9. The van der Waals surface area contributed by atoms with Crippen LogP contribution in [-0.2, 0) is 59.3 Å². The van der Waals surface area contributed by atoms with Crippen LogP contribution in [0.4, 0.5) is 0 Å². The molecular weight excluding hydrogens is 799 g/mol. The van der Waals surface area contributed by atoms with E-state index in [0.717, 1.165) is 28.3 Å². The van der Waals surface area contributed by atoms with Gasteiger partial charge in [0, 0.05) is 57.8 Å². The molecule has 0 saturated carbocycles. The first-order valence-electron chi connectivity index (χ1n) is 21.6. The van der Waals surface area contributed by atoms with Crippen LogP contribution in [0.3, 0.4) is 0 Å². The van der Waals surface area contributed by atoms with E-state index in [2.05, 4.69) is 26.6 Å². The van der Waals surface area contributed by atoms with Crippen LogP contribution in [0.1, 0.15) is 41.5 Å². The Balaban J connectivity index is 1.30. The monoisotopic (exact) mass is 855 g/mol. The van der Waals surface area contributed by atoms with Crippen LogP contribution in [0.15, 0.2) is 121 Å². The number of nitrogens with one attached hydrogen (secondary N) is 5. The van der Waals surface area contributed by atoms with Crippen LogP contribution >= 0.6 is 0 Å². The fourth-order valence-electron chi connectivity index (χ4n) is 8.04.